The van der Waals surface area contributed by atoms with Gasteiger partial charge >= 0.3 is 0 Å². The molecule has 1 heterocycles. The maximum atomic E-state index is 11.8. The Bertz CT molecular complexity index is 689. The van der Waals surface area contributed by atoms with Gasteiger partial charge in [-0.3, -0.25) is 14.3 Å². The summed E-state index contributed by atoms with van der Waals surface area (Å²) in [6, 6.07) is 7.38. The number of unbranched alkanes of at least 4 members (excludes halogenated alkanes) is 1. The Labute approximate surface area is 143 Å². The molecule has 5 nitrogen and oxygen atoms in total. The molecule has 1 unspecified atom stereocenters. The largest absolute Gasteiger partial charge is 0.299 e. The van der Waals surface area contributed by atoms with Gasteiger partial charge in [0.2, 0.25) is 0 Å². The third kappa shape index (κ3) is 4.85. The summed E-state index contributed by atoms with van der Waals surface area (Å²) in [5.74, 6) is 0.570. The third-order valence-electron chi connectivity index (χ3n) is 4.35. The normalized spacial score (nSPS) is 12.1. The zero-order valence-electron chi connectivity index (χ0n) is 14.7. The van der Waals surface area contributed by atoms with Gasteiger partial charge in [-0.15, -0.1) is 5.10 Å². The fourth-order valence-corrected chi connectivity index (χ4v) is 2.46. The van der Waals surface area contributed by atoms with Gasteiger partial charge in [0.15, 0.2) is 5.78 Å². The van der Waals surface area contributed by atoms with Crippen LogP contribution in [0.4, 0.5) is 0 Å². The number of aromatic nitrogens is 3. The van der Waals surface area contributed by atoms with Crippen molar-refractivity contribution in [2.24, 2.45) is 5.92 Å². The van der Waals surface area contributed by atoms with Crippen molar-refractivity contribution >= 4 is 11.6 Å². The first-order valence-corrected chi connectivity index (χ1v) is 8.55. The summed E-state index contributed by atoms with van der Waals surface area (Å²) in [4.78, 5) is 23.1. The number of carbonyl (C=O) groups excluding carboxylic acids is 2. The van der Waals surface area contributed by atoms with Crippen LogP contribution in [0.25, 0.3) is 11.3 Å². The summed E-state index contributed by atoms with van der Waals surface area (Å²) in [7, 11) is 0. The molecule has 0 amide bonds. The van der Waals surface area contributed by atoms with Gasteiger partial charge in [-0.25, -0.2) is 0 Å². The van der Waals surface area contributed by atoms with Crippen LogP contribution in [0.1, 0.15) is 56.8 Å². The number of Topliss-reactive ketones (excluding diaryl/α,β-unsaturated/α-hetero) is 2. The lowest BCUT2D eigenvalue weighted by molar-refractivity contribution is -0.122. The Hall–Kier alpha value is -2.30. The molecule has 1 aromatic carbocycles. The fourth-order valence-electron chi connectivity index (χ4n) is 2.46. The molecule has 0 saturated carbocycles. The molecule has 1 atom stereocenters. The summed E-state index contributed by atoms with van der Waals surface area (Å²) in [5.41, 5.74) is 2.43. The van der Waals surface area contributed by atoms with E-state index in [0.717, 1.165) is 37.1 Å². The van der Waals surface area contributed by atoms with Crippen molar-refractivity contribution < 1.29 is 9.59 Å². The summed E-state index contributed by atoms with van der Waals surface area (Å²) in [6.07, 6.45) is 5.25. The van der Waals surface area contributed by atoms with E-state index in [2.05, 4.69) is 10.3 Å². The van der Waals surface area contributed by atoms with E-state index in [9.17, 15) is 9.59 Å². The smallest absolute Gasteiger partial charge is 0.159 e. The van der Waals surface area contributed by atoms with Crippen LogP contribution >= 0.6 is 0 Å². The Morgan fingerprint density at radius 1 is 1.17 bits per heavy atom. The van der Waals surface area contributed by atoms with Gasteiger partial charge in [-0.05, 0) is 26.2 Å². The molecule has 0 bridgehead atoms. The quantitative estimate of drug-likeness (QED) is 0.517. The number of hydrogen-bond donors (Lipinski definition) is 0. The highest BCUT2D eigenvalue weighted by molar-refractivity contribution is 5.94. The Kier molecular flexibility index (Phi) is 6.41. The van der Waals surface area contributed by atoms with Gasteiger partial charge in [0.25, 0.3) is 0 Å². The third-order valence-corrected chi connectivity index (χ3v) is 4.35. The Morgan fingerprint density at radius 3 is 2.50 bits per heavy atom. The van der Waals surface area contributed by atoms with Crippen LogP contribution < -0.4 is 0 Å². The summed E-state index contributed by atoms with van der Waals surface area (Å²) in [6.45, 7) is 6.34. The second-order valence-electron chi connectivity index (χ2n) is 6.23. The van der Waals surface area contributed by atoms with E-state index < -0.39 is 0 Å². The Balaban J connectivity index is 1.85. The zero-order valence-corrected chi connectivity index (χ0v) is 14.7. The van der Waals surface area contributed by atoms with Crippen molar-refractivity contribution in [3.8, 4) is 11.3 Å². The van der Waals surface area contributed by atoms with Gasteiger partial charge in [-0.1, -0.05) is 43.3 Å². The van der Waals surface area contributed by atoms with Crippen LogP contribution in [0.3, 0.4) is 0 Å². The lowest BCUT2D eigenvalue weighted by Gasteiger charge is -2.06. The number of ketones is 2. The maximum Gasteiger partial charge on any atom is 0.159 e. The lowest BCUT2D eigenvalue weighted by atomic mass is 9.99. The molecule has 0 fully saturated rings. The van der Waals surface area contributed by atoms with E-state index in [0.29, 0.717) is 17.8 Å². The molecule has 5 heteroatoms. The minimum absolute atomic E-state index is 0.0529. The first kappa shape index (κ1) is 18.0. The topological polar surface area (TPSA) is 64.8 Å². The highest BCUT2D eigenvalue weighted by Gasteiger charge is 2.10. The first-order chi connectivity index (χ1) is 11.5. The zero-order chi connectivity index (χ0) is 17.5. The summed E-state index contributed by atoms with van der Waals surface area (Å²) in [5, 5.41) is 8.31. The van der Waals surface area contributed by atoms with Crippen molar-refractivity contribution in [2.45, 2.75) is 53.0 Å². The van der Waals surface area contributed by atoms with E-state index in [1.165, 1.54) is 0 Å². The van der Waals surface area contributed by atoms with Gasteiger partial charge in [0.1, 0.15) is 11.5 Å². The maximum absolute atomic E-state index is 11.8. The van der Waals surface area contributed by atoms with E-state index >= 15 is 0 Å². The average molecular weight is 327 g/mol. The minimum atomic E-state index is 0.0529. The minimum Gasteiger partial charge on any atom is -0.299 e. The second-order valence-corrected chi connectivity index (χ2v) is 6.23. The molecule has 0 N–H and O–H groups in total. The van der Waals surface area contributed by atoms with Gasteiger partial charge in [-0.2, -0.15) is 0 Å². The molecule has 0 saturated heterocycles. The van der Waals surface area contributed by atoms with Crippen molar-refractivity contribution in [3.05, 3.63) is 36.0 Å². The van der Waals surface area contributed by atoms with Crippen LogP contribution in [-0.4, -0.2) is 26.6 Å². The van der Waals surface area contributed by atoms with Gasteiger partial charge in [0.05, 0.1) is 6.20 Å². The van der Waals surface area contributed by atoms with E-state index in [4.69, 9.17) is 0 Å². The number of rotatable bonds is 9. The molecule has 24 heavy (non-hydrogen) atoms. The number of carbonyl (C=O) groups is 2. The van der Waals surface area contributed by atoms with Gasteiger partial charge in [0, 0.05) is 30.0 Å². The van der Waals surface area contributed by atoms with Crippen LogP contribution in [0.2, 0.25) is 0 Å². The van der Waals surface area contributed by atoms with Crippen molar-refractivity contribution in [1.82, 2.24) is 15.0 Å². The highest BCUT2D eigenvalue weighted by atomic mass is 16.1. The number of benzene rings is 1. The molecule has 2 aromatic rings. The molecule has 2 rings (SSSR count). The number of nitrogens with zero attached hydrogens (tertiary/aromatic N) is 3. The highest BCUT2D eigenvalue weighted by Crippen LogP contribution is 2.17. The van der Waals surface area contributed by atoms with Crippen LogP contribution in [0.5, 0.6) is 0 Å². The first-order valence-electron chi connectivity index (χ1n) is 8.55. The summed E-state index contributed by atoms with van der Waals surface area (Å²) >= 11 is 0. The molecular weight excluding hydrogens is 302 g/mol. The van der Waals surface area contributed by atoms with E-state index in [1.807, 2.05) is 36.9 Å². The fraction of sp³-hybridized carbons (Fsp3) is 0.474. The lowest BCUT2D eigenvalue weighted by Crippen LogP contribution is -2.09. The molecule has 0 aliphatic heterocycles. The van der Waals surface area contributed by atoms with Crippen LogP contribution in [0, 0.1) is 5.92 Å². The number of hydrogen-bond acceptors (Lipinski definition) is 4. The van der Waals surface area contributed by atoms with Crippen molar-refractivity contribution in [2.75, 3.05) is 0 Å². The van der Waals surface area contributed by atoms with Gasteiger partial charge < -0.3 is 0 Å². The molecular formula is C19H25N3O2. The SMILES string of the molecule is CCC(C)C(=O)CCCCn1cc(-c2ccc(C(C)=O)cc2)nn1. The average Bonchev–Trinajstić information content (AvgIpc) is 3.06. The van der Waals surface area contributed by atoms with E-state index in [1.54, 1.807) is 19.1 Å². The standard InChI is InChI=1S/C19H25N3O2/c1-4-14(2)19(24)7-5-6-12-22-13-18(20-21-22)17-10-8-16(9-11-17)15(3)23/h8-11,13-14H,4-7,12H2,1-3H3. The predicted octanol–water partition coefficient (Wildman–Crippen LogP) is 3.93. The molecule has 128 valence electrons. The molecule has 1 aromatic heterocycles. The molecule has 0 spiro atoms. The Morgan fingerprint density at radius 2 is 1.88 bits per heavy atom. The van der Waals surface area contributed by atoms with Crippen LogP contribution in [-0.2, 0) is 11.3 Å². The molecule has 0 radical (unpaired) electrons. The number of aryl methyl sites for hydroxylation is 1. The second kappa shape index (κ2) is 8.52. The monoisotopic (exact) mass is 327 g/mol. The van der Waals surface area contributed by atoms with E-state index in [-0.39, 0.29) is 11.7 Å². The molecule has 0 aliphatic carbocycles. The summed E-state index contributed by atoms with van der Waals surface area (Å²) < 4.78 is 1.81. The molecule has 0 aliphatic rings. The van der Waals surface area contributed by atoms with Crippen molar-refractivity contribution in [3.63, 3.8) is 0 Å². The predicted molar refractivity (Wildman–Crippen MR) is 93.8 cm³/mol. The van der Waals surface area contributed by atoms with Crippen LogP contribution in [0.15, 0.2) is 30.5 Å². The van der Waals surface area contributed by atoms with Crippen molar-refractivity contribution in [1.29, 1.82) is 0 Å².